The molecule has 0 aromatic heterocycles. The number of carbonyl (C=O) groups excluding carboxylic acids is 1. The molecule has 0 bridgehead atoms. The Bertz CT molecular complexity index is 868. The van der Waals surface area contributed by atoms with Crippen LogP contribution in [-0.4, -0.2) is 37.6 Å². The van der Waals surface area contributed by atoms with Gasteiger partial charge in [0.1, 0.15) is 5.60 Å². The van der Waals surface area contributed by atoms with Gasteiger partial charge in [0.25, 0.3) is 0 Å². The molecule has 26 heavy (non-hydrogen) atoms. The molecule has 2 aromatic carbocycles. The zero-order valence-corrected chi connectivity index (χ0v) is 15.8. The maximum absolute atomic E-state index is 12.3. The smallest absolute Gasteiger partial charge is 0.412 e. The van der Waals surface area contributed by atoms with E-state index in [0.717, 1.165) is 0 Å². The second-order valence-electron chi connectivity index (χ2n) is 6.74. The van der Waals surface area contributed by atoms with Crippen LogP contribution in [0.1, 0.15) is 20.8 Å². The van der Waals surface area contributed by atoms with E-state index in [1.807, 2.05) is 0 Å². The van der Waals surface area contributed by atoms with Crippen LogP contribution in [0.5, 0.6) is 0 Å². The molecule has 0 atom stereocenters. The van der Waals surface area contributed by atoms with Gasteiger partial charge in [-0.3, -0.25) is 5.32 Å². The minimum Gasteiger partial charge on any atom is -0.444 e. The van der Waals surface area contributed by atoms with Crippen molar-refractivity contribution in [3.63, 3.8) is 0 Å². The lowest BCUT2D eigenvalue weighted by atomic mass is 10.1. The maximum atomic E-state index is 12.3. The van der Waals surface area contributed by atoms with Gasteiger partial charge in [0, 0.05) is 11.3 Å². The molecule has 0 fully saturated rings. The van der Waals surface area contributed by atoms with Crippen molar-refractivity contribution in [1.82, 2.24) is 0 Å². The molecule has 1 amide bonds. The summed E-state index contributed by atoms with van der Waals surface area (Å²) in [6.45, 7) is 4.90. The molecule has 0 saturated heterocycles. The van der Waals surface area contributed by atoms with E-state index in [4.69, 9.17) is 9.84 Å². The van der Waals surface area contributed by atoms with Gasteiger partial charge < -0.3 is 9.84 Å². The topological polar surface area (TPSA) is 92.7 Å². The van der Waals surface area contributed by atoms with Crippen molar-refractivity contribution >= 4 is 21.6 Å². The van der Waals surface area contributed by atoms with E-state index in [1.54, 1.807) is 63.2 Å². The van der Waals surface area contributed by atoms with E-state index >= 15 is 0 Å². The number of amides is 1. The Kier molecular flexibility index (Phi) is 6.05. The fourth-order valence-electron chi connectivity index (χ4n) is 2.36. The highest BCUT2D eigenvalue weighted by molar-refractivity contribution is 7.91. The van der Waals surface area contributed by atoms with Crippen LogP contribution in [0.2, 0.25) is 0 Å². The Hall–Kier alpha value is -2.38. The Morgan fingerprint density at radius 3 is 2.27 bits per heavy atom. The van der Waals surface area contributed by atoms with Gasteiger partial charge in [-0.2, -0.15) is 0 Å². The molecule has 0 spiro atoms. The van der Waals surface area contributed by atoms with Crippen molar-refractivity contribution in [2.24, 2.45) is 0 Å². The summed E-state index contributed by atoms with van der Waals surface area (Å²) < 4.78 is 29.9. The van der Waals surface area contributed by atoms with Crippen molar-refractivity contribution in [2.75, 3.05) is 17.7 Å². The molecule has 6 nitrogen and oxygen atoms in total. The van der Waals surface area contributed by atoms with Crippen molar-refractivity contribution in [3.05, 3.63) is 48.5 Å². The normalized spacial score (nSPS) is 11.8. The van der Waals surface area contributed by atoms with Gasteiger partial charge in [0.15, 0.2) is 9.84 Å². The lowest BCUT2D eigenvalue weighted by Gasteiger charge is -2.19. The summed E-state index contributed by atoms with van der Waals surface area (Å²) in [6, 6.07) is 13.4. The number of aliphatic hydroxyl groups is 1. The first-order valence-electron chi connectivity index (χ1n) is 8.15. The lowest BCUT2D eigenvalue weighted by molar-refractivity contribution is 0.0636. The Balaban J connectivity index is 2.26. The maximum Gasteiger partial charge on any atom is 0.412 e. The molecule has 0 aliphatic heterocycles. The standard InChI is InChI=1S/C19H23NO5S/c1-19(2,3)25-18(22)20-15-10-8-14(9-11-15)16-6-4-5-7-17(16)26(23,24)13-12-21/h4-11,21H,12-13H2,1-3H3,(H,20,22). The predicted octanol–water partition coefficient (Wildman–Crippen LogP) is 3.47. The molecular weight excluding hydrogens is 354 g/mol. The van der Waals surface area contributed by atoms with Crippen LogP contribution in [0.25, 0.3) is 11.1 Å². The number of hydrogen-bond donors (Lipinski definition) is 2. The molecule has 0 unspecified atom stereocenters. The first-order chi connectivity index (χ1) is 12.1. The molecule has 0 saturated carbocycles. The number of nitrogens with one attached hydrogen (secondary N) is 1. The highest BCUT2D eigenvalue weighted by Crippen LogP contribution is 2.29. The van der Waals surface area contributed by atoms with Gasteiger partial charge in [-0.25, -0.2) is 13.2 Å². The van der Waals surface area contributed by atoms with E-state index < -0.39 is 28.1 Å². The van der Waals surface area contributed by atoms with E-state index in [9.17, 15) is 13.2 Å². The average molecular weight is 377 g/mol. The lowest BCUT2D eigenvalue weighted by Crippen LogP contribution is -2.27. The summed E-state index contributed by atoms with van der Waals surface area (Å²) in [5.74, 6) is -0.331. The van der Waals surface area contributed by atoms with Gasteiger partial charge >= 0.3 is 6.09 Å². The molecule has 2 aromatic rings. The molecule has 7 heteroatoms. The zero-order valence-electron chi connectivity index (χ0n) is 15.0. The molecule has 2 N–H and O–H groups in total. The number of sulfone groups is 1. The van der Waals surface area contributed by atoms with Gasteiger partial charge in [0.2, 0.25) is 0 Å². The third kappa shape index (κ3) is 5.31. The number of anilines is 1. The number of carbonyl (C=O) groups is 1. The van der Waals surface area contributed by atoms with E-state index in [1.165, 1.54) is 6.07 Å². The molecular formula is C19H23NO5S. The fraction of sp³-hybridized carbons (Fsp3) is 0.316. The number of hydrogen-bond acceptors (Lipinski definition) is 5. The number of ether oxygens (including phenoxy) is 1. The van der Waals surface area contributed by atoms with Crippen LogP contribution < -0.4 is 5.32 Å². The minimum absolute atomic E-state index is 0.168. The molecule has 140 valence electrons. The van der Waals surface area contributed by atoms with Crippen molar-refractivity contribution in [1.29, 1.82) is 0 Å². The molecule has 0 heterocycles. The van der Waals surface area contributed by atoms with Crippen LogP contribution in [0, 0.1) is 0 Å². The molecule has 0 aliphatic carbocycles. The van der Waals surface area contributed by atoms with Gasteiger partial charge in [0.05, 0.1) is 17.3 Å². The van der Waals surface area contributed by atoms with Crippen molar-refractivity contribution in [2.45, 2.75) is 31.3 Å². The van der Waals surface area contributed by atoms with Crippen LogP contribution in [-0.2, 0) is 14.6 Å². The van der Waals surface area contributed by atoms with E-state index in [-0.39, 0.29) is 10.6 Å². The zero-order chi connectivity index (χ0) is 19.4. The summed E-state index contributed by atoms with van der Waals surface area (Å²) in [6.07, 6.45) is -0.559. The van der Waals surface area contributed by atoms with Crippen LogP contribution >= 0.6 is 0 Å². The summed E-state index contributed by atoms with van der Waals surface area (Å²) >= 11 is 0. The highest BCUT2D eigenvalue weighted by atomic mass is 32.2. The van der Waals surface area contributed by atoms with E-state index in [2.05, 4.69) is 5.32 Å². The summed E-state index contributed by atoms with van der Waals surface area (Å²) in [5.41, 5.74) is 1.18. The van der Waals surface area contributed by atoms with Crippen LogP contribution in [0.4, 0.5) is 10.5 Å². The quantitative estimate of drug-likeness (QED) is 0.832. The fourth-order valence-corrected chi connectivity index (χ4v) is 3.63. The second-order valence-corrected chi connectivity index (χ2v) is 8.82. The number of aliphatic hydroxyl groups excluding tert-OH is 1. The van der Waals surface area contributed by atoms with Gasteiger partial charge in [-0.1, -0.05) is 30.3 Å². The summed E-state index contributed by atoms with van der Waals surface area (Å²) in [5, 5.41) is 11.6. The second kappa shape index (κ2) is 7.88. The first-order valence-corrected chi connectivity index (χ1v) is 9.81. The van der Waals surface area contributed by atoms with Gasteiger partial charge in [-0.15, -0.1) is 0 Å². The predicted molar refractivity (Wildman–Crippen MR) is 101 cm³/mol. The van der Waals surface area contributed by atoms with Crippen LogP contribution in [0.15, 0.2) is 53.4 Å². The van der Waals surface area contributed by atoms with Crippen molar-refractivity contribution < 1.29 is 23.1 Å². The molecule has 0 radical (unpaired) electrons. The van der Waals surface area contributed by atoms with Gasteiger partial charge in [-0.05, 0) is 44.5 Å². The van der Waals surface area contributed by atoms with Crippen molar-refractivity contribution in [3.8, 4) is 11.1 Å². The molecule has 0 aliphatic rings. The highest BCUT2D eigenvalue weighted by Gasteiger charge is 2.19. The summed E-state index contributed by atoms with van der Waals surface area (Å²) in [4.78, 5) is 12.0. The van der Waals surface area contributed by atoms with E-state index in [0.29, 0.717) is 16.8 Å². The third-order valence-electron chi connectivity index (χ3n) is 3.42. The first kappa shape index (κ1) is 19.9. The SMILES string of the molecule is CC(C)(C)OC(=O)Nc1ccc(-c2ccccc2S(=O)(=O)CCO)cc1. The monoisotopic (exact) mass is 377 g/mol. The minimum atomic E-state index is -3.58. The number of benzene rings is 2. The molecule has 2 rings (SSSR count). The summed E-state index contributed by atoms with van der Waals surface area (Å²) in [7, 11) is -3.58. The Morgan fingerprint density at radius 1 is 1.08 bits per heavy atom. The van der Waals surface area contributed by atoms with Crippen LogP contribution in [0.3, 0.4) is 0 Å². The number of rotatable bonds is 5. The third-order valence-corrected chi connectivity index (χ3v) is 5.17. The largest absolute Gasteiger partial charge is 0.444 e. The Morgan fingerprint density at radius 2 is 1.69 bits per heavy atom. The Labute approximate surface area is 153 Å². The average Bonchev–Trinajstić information content (AvgIpc) is 2.54.